The maximum atomic E-state index is 13.1. The number of carbonyl (C=O) groups is 1. The molecule has 0 spiro atoms. The molecule has 1 aliphatic rings. The lowest BCUT2D eigenvalue weighted by atomic mass is 10.1. The summed E-state index contributed by atoms with van der Waals surface area (Å²) in [5.41, 5.74) is 3.01. The molecule has 130 valence electrons. The third kappa shape index (κ3) is 3.87. The highest BCUT2D eigenvalue weighted by atomic mass is 16.2. The van der Waals surface area contributed by atoms with Crippen molar-refractivity contribution in [2.24, 2.45) is 0 Å². The predicted molar refractivity (Wildman–Crippen MR) is 100 cm³/mol. The van der Waals surface area contributed by atoms with Crippen LogP contribution >= 0.6 is 0 Å². The van der Waals surface area contributed by atoms with Crippen LogP contribution in [0.1, 0.15) is 48.8 Å². The predicted octanol–water partition coefficient (Wildman–Crippen LogP) is 4.22. The molecule has 1 aliphatic carbocycles. The summed E-state index contributed by atoms with van der Waals surface area (Å²) in [6.45, 7) is 4.65. The topological polar surface area (TPSA) is 51.0 Å². The van der Waals surface area contributed by atoms with Crippen molar-refractivity contribution >= 4 is 17.3 Å². The quantitative estimate of drug-likeness (QED) is 0.793. The van der Waals surface area contributed by atoms with E-state index in [2.05, 4.69) is 23.2 Å². The molecule has 0 unspecified atom stereocenters. The van der Waals surface area contributed by atoms with E-state index in [1.807, 2.05) is 49.4 Å². The van der Waals surface area contributed by atoms with Crippen molar-refractivity contribution in [1.29, 1.82) is 0 Å². The second-order valence-corrected chi connectivity index (χ2v) is 6.19. The molecule has 0 bridgehead atoms. The monoisotopic (exact) mass is 336 g/mol. The van der Waals surface area contributed by atoms with Gasteiger partial charge in [0.25, 0.3) is 5.91 Å². The van der Waals surface area contributed by atoms with Crippen LogP contribution in [0.4, 0.5) is 5.69 Å². The van der Waals surface area contributed by atoms with E-state index in [9.17, 15) is 4.79 Å². The van der Waals surface area contributed by atoms with E-state index in [1.54, 1.807) is 9.70 Å². The zero-order chi connectivity index (χ0) is 17.6. The summed E-state index contributed by atoms with van der Waals surface area (Å²) >= 11 is 0. The van der Waals surface area contributed by atoms with Crippen LogP contribution in [0.2, 0.25) is 0 Å². The Balaban J connectivity index is 1.90. The minimum atomic E-state index is -0.0876. The van der Waals surface area contributed by atoms with Gasteiger partial charge in [-0.3, -0.25) is 4.79 Å². The Morgan fingerprint density at radius 2 is 2.04 bits per heavy atom. The molecule has 0 N–H and O–H groups in total. The van der Waals surface area contributed by atoms with Crippen molar-refractivity contribution in [3.63, 3.8) is 0 Å². The van der Waals surface area contributed by atoms with Crippen LogP contribution in [-0.4, -0.2) is 27.4 Å². The number of rotatable bonds is 6. The molecule has 5 heteroatoms. The summed E-state index contributed by atoms with van der Waals surface area (Å²) in [5, 5.41) is 8.97. The van der Waals surface area contributed by atoms with Crippen LogP contribution in [0, 0.1) is 6.92 Å². The number of nitrogens with zero attached hydrogens (tertiary/aromatic N) is 4. The number of aromatic nitrogens is 3. The highest BCUT2D eigenvalue weighted by Gasteiger charge is 2.23. The van der Waals surface area contributed by atoms with Gasteiger partial charge in [-0.05, 0) is 44.4 Å². The molecule has 0 aliphatic heterocycles. The van der Waals surface area contributed by atoms with Gasteiger partial charge in [0.15, 0.2) is 5.69 Å². The average Bonchev–Trinajstić information content (AvgIpc) is 3.05. The van der Waals surface area contributed by atoms with E-state index < -0.39 is 0 Å². The number of unbranched alkanes of at least 4 members (excludes halogenated alkanes) is 1. The highest BCUT2D eigenvalue weighted by molar-refractivity contribution is 6.05. The number of hydrogen-bond donors (Lipinski definition) is 0. The second-order valence-electron chi connectivity index (χ2n) is 6.19. The first kappa shape index (κ1) is 17.1. The first-order valence-corrected chi connectivity index (χ1v) is 8.87. The molecule has 25 heavy (non-hydrogen) atoms. The lowest BCUT2D eigenvalue weighted by Gasteiger charge is -2.21. The van der Waals surface area contributed by atoms with Gasteiger partial charge in [0.1, 0.15) is 0 Å². The van der Waals surface area contributed by atoms with Crippen molar-refractivity contribution in [2.75, 3.05) is 11.4 Å². The van der Waals surface area contributed by atoms with Gasteiger partial charge >= 0.3 is 0 Å². The van der Waals surface area contributed by atoms with Crippen LogP contribution in [0.5, 0.6) is 0 Å². The zero-order valence-corrected chi connectivity index (χ0v) is 14.9. The van der Waals surface area contributed by atoms with Crippen LogP contribution in [-0.2, 0) is 0 Å². The Bertz CT molecular complexity index is 789. The van der Waals surface area contributed by atoms with E-state index in [1.165, 1.54) is 0 Å². The smallest absolute Gasteiger partial charge is 0.280 e. The molecular weight excluding hydrogens is 312 g/mol. The minimum Gasteiger partial charge on any atom is -0.307 e. The molecule has 0 saturated carbocycles. The highest BCUT2D eigenvalue weighted by Crippen LogP contribution is 2.20. The third-order valence-electron chi connectivity index (χ3n) is 4.28. The number of hydrogen-bond acceptors (Lipinski definition) is 3. The number of benzene rings is 1. The van der Waals surface area contributed by atoms with Gasteiger partial charge in [-0.15, -0.1) is 5.10 Å². The molecular formula is C20H24N4O. The molecule has 3 rings (SSSR count). The summed E-state index contributed by atoms with van der Waals surface area (Å²) in [5.74, 6) is -0.0876. The summed E-state index contributed by atoms with van der Waals surface area (Å²) in [6, 6.07) is 9.77. The van der Waals surface area contributed by atoms with E-state index in [-0.39, 0.29) is 5.91 Å². The number of allylic oxidation sites excluding steroid dienone is 4. The molecule has 1 heterocycles. The van der Waals surface area contributed by atoms with Crippen molar-refractivity contribution < 1.29 is 4.79 Å². The molecule has 0 fully saturated rings. The van der Waals surface area contributed by atoms with Crippen LogP contribution in [0.25, 0.3) is 5.70 Å². The fraction of sp³-hybridized carbons (Fsp3) is 0.350. The Hall–Kier alpha value is -2.69. The van der Waals surface area contributed by atoms with Crippen molar-refractivity contribution in [3.05, 3.63) is 59.9 Å². The molecule has 5 nitrogen and oxygen atoms in total. The largest absolute Gasteiger partial charge is 0.307 e. The summed E-state index contributed by atoms with van der Waals surface area (Å²) in [7, 11) is 0. The first-order valence-electron chi connectivity index (χ1n) is 8.87. The number of carbonyl (C=O) groups excluding carboxylic acids is 1. The summed E-state index contributed by atoms with van der Waals surface area (Å²) < 4.78 is 0. The number of amides is 1. The van der Waals surface area contributed by atoms with E-state index in [0.717, 1.165) is 37.1 Å². The fourth-order valence-corrected chi connectivity index (χ4v) is 2.86. The number of para-hydroxylation sites is 1. The Kier molecular flexibility index (Phi) is 5.43. The summed E-state index contributed by atoms with van der Waals surface area (Å²) in [6.07, 6.45) is 9.97. The third-order valence-corrected chi connectivity index (χ3v) is 4.28. The second kappa shape index (κ2) is 7.92. The van der Waals surface area contributed by atoms with E-state index in [4.69, 9.17) is 0 Å². The minimum absolute atomic E-state index is 0.0876. The normalized spacial score (nSPS) is 13.6. The maximum Gasteiger partial charge on any atom is 0.280 e. The fourth-order valence-electron chi connectivity index (χ4n) is 2.86. The molecule has 0 saturated heterocycles. The van der Waals surface area contributed by atoms with Crippen LogP contribution in [0.3, 0.4) is 0 Å². The van der Waals surface area contributed by atoms with Crippen molar-refractivity contribution in [3.8, 4) is 0 Å². The van der Waals surface area contributed by atoms with Gasteiger partial charge in [0.05, 0.1) is 11.4 Å². The first-order chi connectivity index (χ1) is 12.2. The van der Waals surface area contributed by atoms with Crippen LogP contribution < -0.4 is 4.90 Å². The lowest BCUT2D eigenvalue weighted by Crippen LogP contribution is -2.32. The van der Waals surface area contributed by atoms with Crippen LogP contribution in [0.15, 0.2) is 48.6 Å². The maximum absolute atomic E-state index is 13.1. The molecule has 2 aromatic rings. The standard InChI is InChI=1S/C20H24N4O/c1-3-4-15-23(17-11-7-5-8-12-17)20(25)19-16(2)21-24(22-19)18-13-9-6-10-14-18/h5-9,11-13H,3-4,10,14-15H2,1-2H3. The Morgan fingerprint density at radius 1 is 1.24 bits per heavy atom. The van der Waals surface area contributed by atoms with Gasteiger partial charge in [0.2, 0.25) is 0 Å². The molecule has 1 amide bonds. The Morgan fingerprint density at radius 3 is 2.72 bits per heavy atom. The molecule has 1 aromatic carbocycles. The lowest BCUT2D eigenvalue weighted by molar-refractivity contribution is 0.0981. The SMILES string of the molecule is CCCCN(C(=O)c1nn(C2=CC=CCC2)nc1C)c1ccccc1. The molecule has 0 radical (unpaired) electrons. The average molecular weight is 336 g/mol. The van der Waals surface area contributed by atoms with Gasteiger partial charge in [-0.2, -0.15) is 9.90 Å². The van der Waals surface area contributed by atoms with Gasteiger partial charge in [0, 0.05) is 12.2 Å². The number of aryl methyl sites for hydroxylation is 1. The zero-order valence-electron chi connectivity index (χ0n) is 14.9. The summed E-state index contributed by atoms with van der Waals surface area (Å²) in [4.78, 5) is 16.6. The molecule has 1 aromatic heterocycles. The van der Waals surface area contributed by atoms with Crippen molar-refractivity contribution in [1.82, 2.24) is 15.0 Å². The van der Waals surface area contributed by atoms with Gasteiger partial charge < -0.3 is 4.90 Å². The van der Waals surface area contributed by atoms with E-state index in [0.29, 0.717) is 17.9 Å². The number of anilines is 1. The van der Waals surface area contributed by atoms with Gasteiger partial charge in [-0.25, -0.2) is 0 Å². The van der Waals surface area contributed by atoms with Gasteiger partial charge in [-0.1, -0.05) is 43.7 Å². The Labute approximate surface area is 148 Å². The van der Waals surface area contributed by atoms with Crippen molar-refractivity contribution in [2.45, 2.75) is 39.5 Å². The molecule has 0 atom stereocenters. The van der Waals surface area contributed by atoms with E-state index >= 15 is 0 Å².